The number of carboxylic acids is 1. The van der Waals surface area contributed by atoms with Gasteiger partial charge >= 0.3 is 5.97 Å². The Labute approximate surface area is 113 Å². The number of sulfone groups is 1. The third-order valence-corrected chi connectivity index (χ3v) is 4.78. The predicted molar refractivity (Wildman–Crippen MR) is 70.8 cm³/mol. The molecule has 0 aromatic heterocycles. The third-order valence-electron chi connectivity index (χ3n) is 2.64. The molecule has 19 heavy (non-hydrogen) atoms. The van der Waals surface area contributed by atoms with Crippen molar-refractivity contribution in [1.29, 1.82) is 0 Å². The van der Waals surface area contributed by atoms with Gasteiger partial charge in [-0.1, -0.05) is 6.07 Å². The normalized spacial score (nSPS) is 11.8. The van der Waals surface area contributed by atoms with Gasteiger partial charge in [-0.3, -0.25) is 4.79 Å². The molecule has 0 fully saturated rings. The van der Waals surface area contributed by atoms with E-state index in [2.05, 4.69) is 0 Å². The summed E-state index contributed by atoms with van der Waals surface area (Å²) < 4.78 is 29.3. The van der Waals surface area contributed by atoms with E-state index >= 15 is 0 Å². The van der Waals surface area contributed by atoms with Crippen molar-refractivity contribution in [3.05, 3.63) is 29.3 Å². The van der Waals surface area contributed by atoms with Crippen LogP contribution in [0.2, 0.25) is 0 Å². The highest BCUT2D eigenvalue weighted by molar-refractivity contribution is 7.92. The minimum atomic E-state index is -3.42. The van der Waals surface area contributed by atoms with Gasteiger partial charge in [-0.05, 0) is 37.1 Å². The topological polar surface area (TPSA) is 80.7 Å². The van der Waals surface area contributed by atoms with Gasteiger partial charge in [-0.2, -0.15) is 0 Å². The lowest BCUT2D eigenvalue weighted by molar-refractivity contribution is -0.136. The maximum atomic E-state index is 12.1. The maximum Gasteiger partial charge on any atom is 0.307 e. The molecule has 1 aromatic rings. The quantitative estimate of drug-likeness (QED) is 0.860. The smallest absolute Gasteiger partial charge is 0.307 e. The fraction of sp³-hybridized carbons (Fsp3) is 0.462. The summed E-state index contributed by atoms with van der Waals surface area (Å²) >= 11 is 0. The zero-order valence-corrected chi connectivity index (χ0v) is 12.0. The summed E-state index contributed by atoms with van der Waals surface area (Å²) in [6.07, 6.45) is -0.210. The first-order valence-corrected chi connectivity index (χ1v) is 7.39. The van der Waals surface area contributed by atoms with Crippen molar-refractivity contribution in [3.63, 3.8) is 0 Å². The summed E-state index contributed by atoms with van der Waals surface area (Å²) in [5.74, 6) is -0.998. The Balaban J connectivity index is 3.31. The van der Waals surface area contributed by atoms with Crippen LogP contribution in [0.4, 0.5) is 0 Å². The summed E-state index contributed by atoms with van der Waals surface area (Å²) in [6, 6.07) is 4.60. The van der Waals surface area contributed by atoms with Crippen molar-refractivity contribution in [1.82, 2.24) is 0 Å². The second-order valence-electron chi connectivity index (χ2n) is 4.58. The van der Waals surface area contributed by atoms with Gasteiger partial charge in [-0.15, -0.1) is 0 Å². The van der Waals surface area contributed by atoms with E-state index in [1.165, 1.54) is 19.2 Å². The van der Waals surface area contributed by atoms with Crippen molar-refractivity contribution in [2.75, 3.05) is 7.11 Å². The van der Waals surface area contributed by atoms with E-state index < -0.39 is 21.1 Å². The molecule has 0 aliphatic carbocycles. The molecule has 0 saturated heterocycles. The molecule has 1 N–H and O–H groups in total. The van der Waals surface area contributed by atoms with Gasteiger partial charge in [0, 0.05) is 7.11 Å². The van der Waals surface area contributed by atoms with Crippen LogP contribution in [0.5, 0.6) is 0 Å². The molecule has 106 valence electrons. The molecule has 0 bridgehead atoms. The van der Waals surface area contributed by atoms with Gasteiger partial charge in [0.05, 0.1) is 23.2 Å². The van der Waals surface area contributed by atoms with E-state index in [1.54, 1.807) is 19.9 Å². The van der Waals surface area contributed by atoms with Crippen LogP contribution in [0, 0.1) is 0 Å². The Morgan fingerprint density at radius 1 is 1.26 bits per heavy atom. The first kappa shape index (κ1) is 15.7. The standard InChI is InChI=1S/C13H18O5S/c1-9(2)19(16,17)12-5-10(7-13(14)15)4-11(6-12)8-18-3/h4-6,9H,7-8H2,1-3H3,(H,14,15). The highest BCUT2D eigenvalue weighted by Crippen LogP contribution is 2.20. The fourth-order valence-electron chi connectivity index (χ4n) is 1.69. The summed E-state index contributed by atoms with van der Waals surface area (Å²) in [7, 11) is -1.92. The Morgan fingerprint density at radius 2 is 1.84 bits per heavy atom. The van der Waals surface area contributed by atoms with Gasteiger partial charge in [0.25, 0.3) is 0 Å². The van der Waals surface area contributed by atoms with Crippen LogP contribution in [-0.2, 0) is 32.4 Å². The Morgan fingerprint density at radius 3 is 2.32 bits per heavy atom. The average molecular weight is 286 g/mol. The first-order valence-electron chi connectivity index (χ1n) is 5.85. The van der Waals surface area contributed by atoms with Crippen LogP contribution in [0.25, 0.3) is 0 Å². The van der Waals surface area contributed by atoms with Gasteiger partial charge in [0.1, 0.15) is 0 Å². The zero-order chi connectivity index (χ0) is 14.6. The molecule has 0 aliphatic rings. The lowest BCUT2D eigenvalue weighted by Gasteiger charge is -2.11. The molecule has 0 radical (unpaired) electrons. The molecule has 0 unspecified atom stereocenters. The van der Waals surface area contributed by atoms with Crippen LogP contribution in [0.1, 0.15) is 25.0 Å². The summed E-state index contributed by atoms with van der Waals surface area (Å²) in [5.41, 5.74) is 1.11. The van der Waals surface area contributed by atoms with E-state index in [1.807, 2.05) is 0 Å². The van der Waals surface area contributed by atoms with E-state index in [0.717, 1.165) is 0 Å². The molecular weight excluding hydrogens is 268 g/mol. The van der Waals surface area contributed by atoms with Gasteiger partial charge in [0.2, 0.25) is 0 Å². The number of hydrogen-bond acceptors (Lipinski definition) is 4. The Hall–Kier alpha value is -1.40. The fourth-order valence-corrected chi connectivity index (χ4v) is 2.87. The molecular formula is C13H18O5S. The van der Waals surface area contributed by atoms with Crippen LogP contribution in [0.15, 0.2) is 23.1 Å². The highest BCUT2D eigenvalue weighted by atomic mass is 32.2. The lowest BCUT2D eigenvalue weighted by Crippen LogP contribution is -2.15. The maximum absolute atomic E-state index is 12.1. The molecule has 0 spiro atoms. The average Bonchev–Trinajstić information content (AvgIpc) is 2.27. The summed E-state index contributed by atoms with van der Waals surface area (Å²) in [6.45, 7) is 3.43. The molecule has 0 atom stereocenters. The SMILES string of the molecule is COCc1cc(CC(=O)O)cc(S(=O)(=O)C(C)C)c1. The van der Waals surface area contributed by atoms with Crippen LogP contribution in [0.3, 0.4) is 0 Å². The largest absolute Gasteiger partial charge is 0.481 e. The zero-order valence-electron chi connectivity index (χ0n) is 11.2. The molecule has 1 aromatic carbocycles. The van der Waals surface area contributed by atoms with Gasteiger partial charge < -0.3 is 9.84 Å². The van der Waals surface area contributed by atoms with Crippen molar-refractivity contribution >= 4 is 15.8 Å². The number of aliphatic carboxylic acids is 1. The predicted octanol–water partition coefficient (Wildman–Crippen LogP) is 1.64. The molecule has 0 aliphatic heterocycles. The van der Waals surface area contributed by atoms with Crippen molar-refractivity contribution in [3.8, 4) is 0 Å². The van der Waals surface area contributed by atoms with Crippen molar-refractivity contribution < 1.29 is 23.1 Å². The summed E-state index contributed by atoms with van der Waals surface area (Å²) in [5, 5.41) is 8.26. The Kier molecular flexibility index (Phi) is 5.08. The van der Waals surface area contributed by atoms with Gasteiger partial charge in [-0.25, -0.2) is 8.42 Å². The number of carboxylic acid groups (broad SMARTS) is 1. The number of methoxy groups -OCH3 is 1. The molecule has 1 rings (SSSR count). The van der Waals surface area contributed by atoms with E-state index in [0.29, 0.717) is 11.1 Å². The second-order valence-corrected chi connectivity index (χ2v) is 7.09. The minimum Gasteiger partial charge on any atom is -0.481 e. The van der Waals surface area contributed by atoms with Crippen LogP contribution >= 0.6 is 0 Å². The number of carbonyl (C=O) groups is 1. The number of rotatable bonds is 6. The monoisotopic (exact) mass is 286 g/mol. The third kappa shape index (κ3) is 4.04. The molecule has 0 saturated carbocycles. The van der Waals surface area contributed by atoms with Crippen molar-refractivity contribution in [2.24, 2.45) is 0 Å². The van der Waals surface area contributed by atoms with E-state index in [-0.39, 0.29) is 17.9 Å². The molecule has 6 heteroatoms. The van der Waals surface area contributed by atoms with Gasteiger partial charge in [0.15, 0.2) is 9.84 Å². The second kappa shape index (κ2) is 6.16. The highest BCUT2D eigenvalue weighted by Gasteiger charge is 2.20. The van der Waals surface area contributed by atoms with Crippen LogP contribution in [-0.4, -0.2) is 31.9 Å². The van der Waals surface area contributed by atoms with Crippen LogP contribution < -0.4 is 0 Å². The molecule has 0 heterocycles. The van der Waals surface area contributed by atoms with Crippen molar-refractivity contribution in [2.45, 2.75) is 37.0 Å². The number of ether oxygens (including phenoxy) is 1. The first-order chi connectivity index (χ1) is 8.77. The Bertz CT molecular complexity index is 560. The van der Waals surface area contributed by atoms with E-state index in [4.69, 9.17) is 9.84 Å². The minimum absolute atomic E-state index is 0.147. The summed E-state index contributed by atoms with van der Waals surface area (Å²) in [4.78, 5) is 10.9. The molecule has 5 nitrogen and oxygen atoms in total. The number of hydrogen-bond donors (Lipinski definition) is 1. The van der Waals surface area contributed by atoms with E-state index in [9.17, 15) is 13.2 Å². The molecule has 0 amide bonds. The lowest BCUT2D eigenvalue weighted by atomic mass is 10.1. The number of benzene rings is 1.